The summed E-state index contributed by atoms with van der Waals surface area (Å²) in [5.41, 5.74) is 0.683. The highest BCUT2D eigenvalue weighted by Crippen LogP contribution is 2.34. The lowest BCUT2D eigenvalue weighted by Crippen LogP contribution is -2.35. The molecule has 23 heavy (non-hydrogen) atoms. The molecule has 0 unspecified atom stereocenters. The molecule has 3 aromatic rings. The Morgan fingerprint density at radius 1 is 1.35 bits per heavy atom. The third-order valence-corrected chi connectivity index (χ3v) is 4.08. The molecular formula is C15H12FN5O2. The van der Waals surface area contributed by atoms with Gasteiger partial charge in [0.05, 0.1) is 5.56 Å². The van der Waals surface area contributed by atoms with E-state index in [9.17, 15) is 14.0 Å². The highest BCUT2D eigenvalue weighted by molar-refractivity contribution is 5.94. The molecule has 116 valence electrons. The van der Waals surface area contributed by atoms with E-state index in [2.05, 4.69) is 15.4 Å². The number of hydrogen-bond donors (Lipinski definition) is 1. The van der Waals surface area contributed by atoms with Gasteiger partial charge in [0.25, 0.3) is 5.56 Å². The van der Waals surface area contributed by atoms with Crippen LogP contribution in [0.15, 0.2) is 35.4 Å². The Balaban J connectivity index is 2.05. The van der Waals surface area contributed by atoms with Crippen molar-refractivity contribution < 1.29 is 9.18 Å². The number of aryl methyl sites for hydroxylation is 1. The van der Waals surface area contributed by atoms with E-state index < -0.39 is 11.7 Å². The lowest BCUT2D eigenvalue weighted by molar-refractivity contribution is -0.116. The second kappa shape index (κ2) is 4.73. The Morgan fingerprint density at radius 3 is 2.96 bits per heavy atom. The first-order chi connectivity index (χ1) is 11.1. The molecule has 1 aromatic carbocycles. The van der Waals surface area contributed by atoms with Crippen LogP contribution in [0.2, 0.25) is 0 Å². The largest absolute Gasteiger partial charge is 0.310 e. The van der Waals surface area contributed by atoms with Crippen molar-refractivity contribution in [1.29, 1.82) is 0 Å². The van der Waals surface area contributed by atoms with Gasteiger partial charge in [-0.25, -0.2) is 4.39 Å². The van der Waals surface area contributed by atoms with Crippen molar-refractivity contribution in [1.82, 2.24) is 19.2 Å². The monoisotopic (exact) mass is 313 g/mol. The number of nitrogens with one attached hydrogen (secondary N) is 1. The van der Waals surface area contributed by atoms with E-state index in [-0.39, 0.29) is 17.9 Å². The molecule has 1 N–H and O–H groups in total. The predicted molar refractivity (Wildman–Crippen MR) is 79.7 cm³/mol. The molecule has 1 aliphatic rings. The van der Waals surface area contributed by atoms with Crippen molar-refractivity contribution in [3.63, 3.8) is 0 Å². The summed E-state index contributed by atoms with van der Waals surface area (Å²) in [6, 6.07) is 5.94. The summed E-state index contributed by atoms with van der Waals surface area (Å²) in [5.74, 6) is -0.563. The molecule has 0 saturated heterocycles. The fourth-order valence-electron chi connectivity index (χ4n) is 3.02. The number of amides is 1. The zero-order chi connectivity index (χ0) is 16.1. The molecule has 0 spiro atoms. The van der Waals surface area contributed by atoms with E-state index in [1.807, 2.05) is 0 Å². The topological polar surface area (TPSA) is 81.3 Å². The second-order valence-electron chi connectivity index (χ2n) is 5.46. The third-order valence-electron chi connectivity index (χ3n) is 4.08. The van der Waals surface area contributed by atoms with E-state index in [0.29, 0.717) is 22.7 Å². The van der Waals surface area contributed by atoms with E-state index in [4.69, 9.17) is 0 Å². The van der Waals surface area contributed by atoms with Crippen LogP contribution in [0.3, 0.4) is 0 Å². The maximum atomic E-state index is 13.6. The SMILES string of the molecule is Cn1c(=O)c2c(n3ncnc13)NC(=O)C[C@@H]2c1cccc(F)c1. The summed E-state index contributed by atoms with van der Waals surface area (Å²) in [4.78, 5) is 28.8. The molecule has 0 radical (unpaired) electrons. The van der Waals surface area contributed by atoms with Crippen LogP contribution in [-0.2, 0) is 11.8 Å². The van der Waals surface area contributed by atoms with Gasteiger partial charge >= 0.3 is 0 Å². The summed E-state index contributed by atoms with van der Waals surface area (Å²) in [6.45, 7) is 0. The van der Waals surface area contributed by atoms with Gasteiger partial charge in [0.2, 0.25) is 11.7 Å². The van der Waals surface area contributed by atoms with Crippen LogP contribution in [0.1, 0.15) is 23.5 Å². The van der Waals surface area contributed by atoms with Crippen LogP contribution in [0.25, 0.3) is 5.78 Å². The highest BCUT2D eigenvalue weighted by atomic mass is 19.1. The number of hydrogen-bond acceptors (Lipinski definition) is 4. The van der Waals surface area contributed by atoms with E-state index in [0.717, 1.165) is 0 Å². The lowest BCUT2D eigenvalue weighted by Gasteiger charge is -2.26. The van der Waals surface area contributed by atoms with Crippen molar-refractivity contribution in [2.75, 3.05) is 5.32 Å². The highest BCUT2D eigenvalue weighted by Gasteiger charge is 2.32. The Kier molecular flexibility index (Phi) is 2.80. The zero-order valence-electron chi connectivity index (χ0n) is 12.2. The summed E-state index contributed by atoms with van der Waals surface area (Å²) < 4.78 is 16.4. The van der Waals surface area contributed by atoms with Crippen LogP contribution >= 0.6 is 0 Å². The maximum absolute atomic E-state index is 13.6. The number of carbonyl (C=O) groups is 1. The number of benzene rings is 1. The molecule has 1 aliphatic heterocycles. The van der Waals surface area contributed by atoms with Gasteiger partial charge in [-0.3, -0.25) is 14.2 Å². The smallest absolute Gasteiger partial charge is 0.260 e. The molecule has 1 amide bonds. The lowest BCUT2D eigenvalue weighted by atomic mass is 9.87. The van der Waals surface area contributed by atoms with Crippen molar-refractivity contribution in [3.05, 3.63) is 57.9 Å². The van der Waals surface area contributed by atoms with Gasteiger partial charge < -0.3 is 5.32 Å². The number of anilines is 1. The number of fused-ring (bicyclic) bond motifs is 3. The minimum atomic E-state index is -0.526. The molecule has 0 aliphatic carbocycles. The fraction of sp³-hybridized carbons (Fsp3) is 0.200. The summed E-state index contributed by atoms with van der Waals surface area (Å²) in [6.07, 6.45) is 1.39. The summed E-state index contributed by atoms with van der Waals surface area (Å²) in [7, 11) is 1.59. The molecule has 1 atom stereocenters. The minimum Gasteiger partial charge on any atom is -0.310 e. The first-order valence-corrected chi connectivity index (χ1v) is 7.04. The van der Waals surface area contributed by atoms with Gasteiger partial charge in [-0.2, -0.15) is 14.6 Å². The first-order valence-electron chi connectivity index (χ1n) is 7.04. The number of halogens is 1. The second-order valence-corrected chi connectivity index (χ2v) is 5.46. The van der Waals surface area contributed by atoms with Gasteiger partial charge in [0, 0.05) is 19.4 Å². The Bertz CT molecular complexity index is 1010. The molecule has 2 aromatic heterocycles. The van der Waals surface area contributed by atoms with Crippen molar-refractivity contribution >= 4 is 17.5 Å². The minimum absolute atomic E-state index is 0.0753. The van der Waals surface area contributed by atoms with E-state index >= 15 is 0 Å². The van der Waals surface area contributed by atoms with Crippen LogP contribution in [0.5, 0.6) is 0 Å². The molecule has 0 bridgehead atoms. The Hall–Kier alpha value is -3.03. The van der Waals surface area contributed by atoms with Crippen LogP contribution in [0.4, 0.5) is 10.2 Å². The van der Waals surface area contributed by atoms with Crippen LogP contribution in [-0.4, -0.2) is 25.1 Å². The van der Waals surface area contributed by atoms with Gasteiger partial charge in [0.1, 0.15) is 18.0 Å². The average molecular weight is 313 g/mol. The molecule has 3 heterocycles. The quantitative estimate of drug-likeness (QED) is 0.728. The van der Waals surface area contributed by atoms with Crippen molar-refractivity contribution in [2.45, 2.75) is 12.3 Å². The zero-order valence-corrected chi connectivity index (χ0v) is 12.2. The molecular weight excluding hydrogens is 301 g/mol. The molecule has 4 rings (SSSR count). The number of carbonyl (C=O) groups excluding carboxylic acids is 1. The standard InChI is InChI=1S/C15H12FN5O2/c1-20-14(23)12-10(8-3-2-4-9(16)5-8)6-11(22)19-13(12)21-15(20)17-7-18-21/h2-5,7,10H,6H2,1H3,(H,19,22)/t10-/m1/s1. The van der Waals surface area contributed by atoms with E-state index in [1.54, 1.807) is 19.2 Å². The first kappa shape index (κ1) is 13.6. The fourth-order valence-corrected chi connectivity index (χ4v) is 3.02. The molecule has 0 fully saturated rings. The number of rotatable bonds is 1. The van der Waals surface area contributed by atoms with Crippen molar-refractivity contribution in [2.24, 2.45) is 7.05 Å². The summed E-state index contributed by atoms with van der Waals surface area (Å²) in [5, 5.41) is 6.76. The summed E-state index contributed by atoms with van der Waals surface area (Å²) >= 11 is 0. The van der Waals surface area contributed by atoms with Gasteiger partial charge in [-0.15, -0.1) is 0 Å². The number of nitrogens with zero attached hydrogens (tertiary/aromatic N) is 4. The predicted octanol–water partition coefficient (Wildman–Crippen LogP) is 1.04. The number of aromatic nitrogens is 4. The van der Waals surface area contributed by atoms with Crippen LogP contribution in [0, 0.1) is 5.82 Å². The molecule has 0 saturated carbocycles. The normalized spacial score (nSPS) is 17.1. The van der Waals surface area contributed by atoms with E-state index in [1.165, 1.54) is 27.5 Å². The van der Waals surface area contributed by atoms with Gasteiger partial charge in [-0.1, -0.05) is 12.1 Å². The van der Waals surface area contributed by atoms with Crippen LogP contribution < -0.4 is 10.9 Å². The molecule has 7 nitrogen and oxygen atoms in total. The van der Waals surface area contributed by atoms with Gasteiger partial charge in [-0.05, 0) is 17.7 Å². The van der Waals surface area contributed by atoms with Crippen molar-refractivity contribution in [3.8, 4) is 0 Å². The molecule has 8 heteroatoms. The average Bonchev–Trinajstić information content (AvgIpc) is 3.01. The Labute approximate surface area is 129 Å². The Morgan fingerprint density at radius 2 is 2.17 bits per heavy atom. The van der Waals surface area contributed by atoms with Gasteiger partial charge in [0.15, 0.2) is 0 Å². The third kappa shape index (κ3) is 1.95. The maximum Gasteiger partial charge on any atom is 0.260 e.